The van der Waals surface area contributed by atoms with Gasteiger partial charge in [-0.15, -0.1) is 5.10 Å². The first-order chi connectivity index (χ1) is 9.50. The molecule has 0 amide bonds. The first kappa shape index (κ1) is 14.7. The molecule has 1 aliphatic rings. The zero-order chi connectivity index (χ0) is 14.7. The predicted octanol–water partition coefficient (Wildman–Crippen LogP) is 1.24. The van der Waals surface area contributed by atoms with Crippen molar-refractivity contribution in [3.63, 3.8) is 0 Å². The molecular weight excluding hydrogens is 254 g/mol. The van der Waals surface area contributed by atoms with Gasteiger partial charge in [0.05, 0.1) is 17.9 Å². The van der Waals surface area contributed by atoms with Gasteiger partial charge in [0.1, 0.15) is 5.84 Å². The molecule has 0 saturated carbocycles. The van der Waals surface area contributed by atoms with Crippen LogP contribution in [0.15, 0.2) is 0 Å². The van der Waals surface area contributed by atoms with Gasteiger partial charge in [-0.2, -0.15) is 5.10 Å². The number of ether oxygens (including phenoxy) is 1. The predicted molar refractivity (Wildman–Crippen MR) is 78.3 cm³/mol. The van der Waals surface area contributed by atoms with Gasteiger partial charge >= 0.3 is 0 Å². The van der Waals surface area contributed by atoms with Crippen LogP contribution in [0.1, 0.15) is 36.1 Å². The summed E-state index contributed by atoms with van der Waals surface area (Å²) < 4.78 is 5.72. The number of hydrogen-bond donors (Lipinski definition) is 2. The van der Waals surface area contributed by atoms with Gasteiger partial charge in [0.2, 0.25) is 5.88 Å². The zero-order valence-electron chi connectivity index (χ0n) is 12.4. The van der Waals surface area contributed by atoms with Crippen molar-refractivity contribution in [1.82, 2.24) is 15.1 Å². The van der Waals surface area contributed by atoms with Crippen LogP contribution in [-0.4, -0.2) is 47.2 Å². The molecule has 2 heterocycles. The second kappa shape index (κ2) is 6.17. The second-order valence-electron chi connectivity index (χ2n) is 5.42. The Morgan fingerprint density at radius 1 is 1.45 bits per heavy atom. The highest BCUT2D eigenvalue weighted by molar-refractivity contribution is 5.98. The summed E-state index contributed by atoms with van der Waals surface area (Å²) in [5.41, 5.74) is 7.83. The minimum Gasteiger partial charge on any atom is -0.476 e. The summed E-state index contributed by atoms with van der Waals surface area (Å²) in [6.07, 6.45) is 3.43. The largest absolute Gasteiger partial charge is 0.476 e. The van der Waals surface area contributed by atoms with Gasteiger partial charge in [-0.25, -0.2) is 0 Å². The van der Waals surface area contributed by atoms with E-state index in [1.165, 1.54) is 12.8 Å². The number of aryl methyl sites for hydroxylation is 1. The molecular formula is C14H23N5O. The number of amidine groups is 1. The van der Waals surface area contributed by atoms with E-state index in [2.05, 4.69) is 22.1 Å². The van der Waals surface area contributed by atoms with Crippen LogP contribution >= 0.6 is 0 Å². The maximum absolute atomic E-state index is 7.67. The molecule has 1 unspecified atom stereocenters. The number of rotatable bonds is 5. The fraction of sp³-hybridized carbons (Fsp3) is 0.643. The lowest BCUT2D eigenvalue weighted by molar-refractivity contribution is 0.227. The Morgan fingerprint density at radius 2 is 2.20 bits per heavy atom. The quantitative estimate of drug-likeness (QED) is 0.624. The van der Waals surface area contributed by atoms with E-state index in [1.54, 1.807) is 0 Å². The van der Waals surface area contributed by atoms with Crippen molar-refractivity contribution in [2.24, 2.45) is 5.73 Å². The third kappa shape index (κ3) is 3.07. The summed E-state index contributed by atoms with van der Waals surface area (Å²) in [6.45, 7) is 5.48. The number of nitrogens with one attached hydrogen (secondary N) is 1. The molecule has 20 heavy (non-hydrogen) atoms. The van der Waals surface area contributed by atoms with E-state index in [9.17, 15) is 0 Å². The highest BCUT2D eigenvalue weighted by Gasteiger charge is 2.21. The molecule has 0 bridgehead atoms. The fourth-order valence-corrected chi connectivity index (χ4v) is 2.64. The Hall–Kier alpha value is -1.69. The summed E-state index contributed by atoms with van der Waals surface area (Å²) in [7, 11) is 2.15. The summed E-state index contributed by atoms with van der Waals surface area (Å²) >= 11 is 0. The molecule has 1 aromatic heterocycles. The van der Waals surface area contributed by atoms with E-state index in [0.717, 1.165) is 24.2 Å². The molecule has 3 N–H and O–H groups in total. The van der Waals surface area contributed by atoms with Crippen LogP contribution in [0.3, 0.4) is 0 Å². The molecule has 110 valence electrons. The molecule has 2 rings (SSSR count). The van der Waals surface area contributed by atoms with Crippen molar-refractivity contribution >= 4 is 5.84 Å². The molecule has 0 spiro atoms. The van der Waals surface area contributed by atoms with Crippen LogP contribution in [0.4, 0.5) is 0 Å². The number of nitrogens with two attached hydrogens (primary N) is 1. The number of nitrogens with zero attached hydrogens (tertiary/aromatic N) is 3. The summed E-state index contributed by atoms with van der Waals surface area (Å²) in [5, 5.41) is 15.8. The average molecular weight is 277 g/mol. The molecule has 1 atom stereocenters. The molecule has 1 aliphatic heterocycles. The molecule has 1 fully saturated rings. The van der Waals surface area contributed by atoms with Gasteiger partial charge in [0, 0.05) is 6.04 Å². The Balaban J connectivity index is 2.02. The van der Waals surface area contributed by atoms with Crippen molar-refractivity contribution < 1.29 is 4.74 Å². The van der Waals surface area contributed by atoms with E-state index >= 15 is 0 Å². The van der Waals surface area contributed by atoms with E-state index in [1.807, 2.05) is 13.8 Å². The van der Waals surface area contributed by atoms with Crippen LogP contribution in [0, 0.1) is 19.3 Å². The fourth-order valence-electron chi connectivity index (χ4n) is 2.64. The van der Waals surface area contributed by atoms with Gasteiger partial charge in [0.25, 0.3) is 0 Å². The number of aromatic nitrogens is 2. The van der Waals surface area contributed by atoms with E-state index < -0.39 is 0 Å². The second-order valence-corrected chi connectivity index (χ2v) is 5.42. The molecule has 0 aliphatic carbocycles. The zero-order valence-corrected chi connectivity index (χ0v) is 12.4. The Bertz CT molecular complexity index is 503. The van der Waals surface area contributed by atoms with E-state index in [-0.39, 0.29) is 5.84 Å². The Labute approximate surface area is 119 Å². The monoisotopic (exact) mass is 277 g/mol. The van der Waals surface area contributed by atoms with Gasteiger partial charge in [0.15, 0.2) is 0 Å². The standard InChI is InChI=1S/C14H23N5O/c1-9-10(2)17-18-14(12(9)13(15)16)20-8-6-11-5-4-7-19(11)3/h11H,4-8H2,1-3H3,(H3,15,16). The van der Waals surface area contributed by atoms with Gasteiger partial charge < -0.3 is 15.4 Å². The topological polar surface area (TPSA) is 88.1 Å². The van der Waals surface area contributed by atoms with Crippen molar-refractivity contribution in [3.8, 4) is 5.88 Å². The minimum absolute atomic E-state index is 0.0199. The van der Waals surface area contributed by atoms with Crippen molar-refractivity contribution in [2.75, 3.05) is 20.2 Å². The maximum Gasteiger partial charge on any atom is 0.244 e. The van der Waals surface area contributed by atoms with E-state index in [4.69, 9.17) is 15.9 Å². The van der Waals surface area contributed by atoms with Crippen molar-refractivity contribution in [1.29, 1.82) is 5.41 Å². The van der Waals surface area contributed by atoms with Gasteiger partial charge in [-0.3, -0.25) is 5.41 Å². The lowest BCUT2D eigenvalue weighted by Crippen LogP contribution is -2.27. The minimum atomic E-state index is -0.0199. The number of hydrogen-bond acceptors (Lipinski definition) is 5. The summed E-state index contributed by atoms with van der Waals surface area (Å²) in [6, 6.07) is 0.579. The normalized spacial score (nSPS) is 19.2. The van der Waals surface area contributed by atoms with Gasteiger partial charge in [-0.05, 0) is 52.3 Å². The smallest absolute Gasteiger partial charge is 0.244 e. The first-order valence-electron chi connectivity index (χ1n) is 7.02. The first-order valence-corrected chi connectivity index (χ1v) is 7.02. The van der Waals surface area contributed by atoms with E-state index in [0.29, 0.717) is 24.1 Å². The third-order valence-corrected chi connectivity index (χ3v) is 4.05. The third-order valence-electron chi connectivity index (χ3n) is 4.05. The summed E-state index contributed by atoms with van der Waals surface area (Å²) in [4.78, 5) is 2.36. The highest BCUT2D eigenvalue weighted by Crippen LogP contribution is 2.22. The van der Waals surface area contributed by atoms with Crippen LogP contribution < -0.4 is 10.5 Å². The number of nitrogen functional groups attached to an aromatic ring is 1. The average Bonchev–Trinajstić information content (AvgIpc) is 2.79. The molecule has 0 aromatic carbocycles. The Kier molecular flexibility index (Phi) is 4.54. The maximum atomic E-state index is 7.67. The molecule has 1 saturated heterocycles. The Morgan fingerprint density at radius 3 is 2.80 bits per heavy atom. The molecule has 6 nitrogen and oxygen atoms in total. The molecule has 6 heteroatoms. The molecule has 0 radical (unpaired) electrons. The lowest BCUT2D eigenvalue weighted by Gasteiger charge is -2.19. The van der Waals surface area contributed by atoms with Crippen LogP contribution in [0.5, 0.6) is 5.88 Å². The van der Waals surface area contributed by atoms with Crippen molar-refractivity contribution in [2.45, 2.75) is 39.2 Å². The van der Waals surface area contributed by atoms with Crippen LogP contribution in [0.25, 0.3) is 0 Å². The van der Waals surface area contributed by atoms with Crippen molar-refractivity contribution in [3.05, 3.63) is 16.8 Å². The van der Waals surface area contributed by atoms with Gasteiger partial charge in [-0.1, -0.05) is 0 Å². The SMILES string of the molecule is Cc1nnc(OCCC2CCCN2C)c(C(=N)N)c1C. The number of likely N-dealkylation sites (tertiary alicyclic amines) is 1. The molecule has 1 aromatic rings. The lowest BCUT2D eigenvalue weighted by atomic mass is 10.1. The van der Waals surface area contributed by atoms with Crippen LogP contribution in [-0.2, 0) is 0 Å². The highest BCUT2D eigenvalue weighted by atomic mass is 16.5. The summed E-state index contributed by atoms with van der Waals surface area (Å²) in [5.74, 6) is 0.356. The van der Waals surface area contributed by atoms with Crippen LogP contribution in [0.2, 0.25) is 0 Å².